The molecular weight excluding hydrogens is 606 g/mol. The molecule has 1 unspecified atom stereocenters. The molecule has 3 N–H and O–H groups in total. The van der Waals surface area contributed by atoms with E-state index in [4.69, 9.17) is 34.8 Å². The van der Waals surface area contributed by atoms with E-state index in [2.05, 4.69) is 37.3 Å². The molecular formula is C28H22Cl3FN8S. The molecule has 1 fully saturated rings. The minimum absolute atomic E-state index is 0.0412. The van der Waals surface area contributed by atoms with Crippen molar-refractivity contribution in [2.24, 2.45) is 0 Å². The van der Waals surface area contributed by atoms with E-state index >= 15 is 0 Å². The van der Waals surface area contributed by atoms with Crippen LogP contribution in [0.15, 0.2) is 54.2 Å². The van der Waals surface area contributed by atoms with E-state index in [1.165, 1.54) is 29.7 Å². The number of piperidine rings is 1. The normalized spacial score (nSPS) is 14.6. The minimum Gasteiger partial charge on any atom is -0.372 e. The molecule has 208 valence electrons. The van der Waals surface area contributed by atoms with E-state index < -0.39 is 11.9 Å². The van der Waals surface area contributed by atoms with E-state index in [0.29, 0.717) is 43.7 Å². The summed E-state index contributed by atoms with van der Waals surface area (Å²) >= 11 is 20.8. The Kier molecular flexibility index (Phi) is 7.97. The van der Waals surface area contributed by atoms with Crippen LogP contribution in [0, 0.1) is 17.1 Å². The highest BCUT2D eigenvalue weighted by molar-refractivity contribution is 7.10. The first-order valence-electron chi connectivity index (χ1n) is 12.8. The SMILES string of the molecule is N#Cc1cnc2c(Cl)cc(NC(c3cn(C4CCNCC4)nn3)c3sccc3Cl)cc2c1Nc1ccc(F)c(Cl)c1. The van der Waals surface area contributed by atoms with Gasteiger partial charge in [0.15, 0.2) is 0 Å². The zero-order chi connectivity index (χ0) is 28.5. The monoisotopic (exact) mass is 626 g/mol. The number of halogens is 4. The molecule has 3 aromatic heterocycles. The summed E-state index contributed by atoms with van der Waals surface area (Å²) in [6.45, 7) is 1.88. The average Bonchev–Trinajstić information content (AvgIpc) is 3.64. The highest BCUT2D eigenvalue weighted by Gasteiger charge is 2.25. The van der Waals surface area contributed by atoms with Gasteiger partial charge in [-0.1, -0.05) is 40.0 Å². The molecule has 0 radical (unpaired) electrons. The smallest absolute Gasteiger partial charge is 0.141 e. The summed E-state index contributed by atoms with van der Waals surface area (Å²) in [6.07, 6.45) is 5.36. The highest BCUT2D eigenvalue weighted by atomic mass is 35.5. The highest BCUT2D eigenvalue weighted by Crippen LogP contribution is 2.39. The molecule has 1 aliphatic rings. The number of hydrogen-bond acceptors (Lipinski definition) is 8. The van der Waals surface area contributed by atoms with Crippen molar-refractivity contribution in [3.8, 4) is 6.07 Å². The quantitative estimate of drug-likeness (QED) is 0.170. The fraction of sp³-hybridized carbons (Fsp3) is 0.214. The van der Waals surface area contributed by atoms with Crippen molar-refractivity contribution < 1.29 is 4.39 Å². The first-order chi connectivity index (χ1) is 19.9. The van der Waals surface area contributed by atoms with Gasteiger partial charge in [0.1, 0.15) is 23.6 Å². The van der Waals surface area contributed by atoms with E-state index in [-0.39, 0.29) is 16.6 Å². The molecule has 41 heavy (non-hydrogen) atoms. The lowest BCUT2D eigenvalue weighted by molar-refractivity contribution is 0.337. The van der Waals surface area contributed by atoms with E-state index in [0.717, 1.165) is 30.8 Å². The Bertz CT molecular complexity index is 1780. The Balaban J connectivity index is 1.41. The van der Waals surface area contributed by atoms with Gasteiger partial charge in [0.05, 0.1) is 49.0 Å². The van der Waals surface area contributed by atoms with Crippen molar-refractivity contribution in [1.82, 2.24) is 25.3 Å². The number of nitrogens with zero attached hydrogens (tertiary/aromatic N) is 5. The van der Waals surface area contributed by atoms with Crippen molar-refractivity contribution in [3.05, 3.63) is 91.2 Å². The van der Waals surface area contributed by atoms with Gasteiger partial charge in [0.25, 0.3) is 0 Å². The van der Waals surface area contributed by atoms with Crippen molar-refractivity contribution in [2.45, 2.75) is 24.9 Å². The topological polar surface area (TPSA) is 103 Å². The third-order valence-electron chi connectivity index (χ3n) is 6.96. The first-order valence-corrected chi connectivity index (χ1v) is 14.8. The molecule has 8 nitrogen and oxygen atoms in total. The number of rotatable bonds is 7. The van der Waals surface area contributed by atoms with Crippen LogP contribution in [-0.4, -0.2) is 33.1 Å². The number of nitriles is 1. The maximum atomic E-state index is 13.8. The molecule has 0 saturated carbocycles. The van der Waals surface area contributed by atoms with Gasteiger partial charge in [-0.25, -0.2) is 9.07 Å². The third-order valence-corrected chi connectivity index (χ3v) is 8.96. The lowest BCUT2D eigenvalue weighted by Crippen LogP contribution is -2.29. The van der Waals surface area contributed by atoms with Crippen molar-refractivity contribution in [1.29, 1.82) is 5.26 Å². The molecule has 1 atom stereocenters. The van der Waals surface area contributed by atoms with Crippen molar-refractivity contribution >= 4 is 74.1 Å². The molecule has 5 aromatic rings. The fourth-order valence-electron chi connectivity index (χ4n) is 4.90. The van der Waals surface area contributed by atoms with Gasteiger partial charge < -0.3 is 16.0 Å². The molecule has 0 bridgehead atoms. The number of benzene rings is 2. The Labute approximate surface area is 254 Å². The van der Waals surface area contributed by atoms with Crippen LogP contribution in [0.3, 0.4) is 0 Å². The van der Waals surface area contributed by atoms with Crippen LogP contribution < -0.4 is 16.0 Å². The minimum atomic E-state index is -0.540. The lowest BCUT2D eigenvalue weighted by Gasteiger charge is -2.22. The summed E-state index contributed by atoms with van der Waals surface area (Å²) in [6, 6.07) is 11.8. The van der Waals surface area contributed by atoms with Crippen LogP contribution >= 0.6 is 46.1 Å². The van der Waals surface area contributed by atoms with Crippen LogP contribution in [0.25, 0.3) is 10.9 Å². The largest absolute Gasteiger partial charge is 0.372 e. The van der Waals surface area contributed by atoms with Crippen LogP contribution in [-0.2, 0) is 0 Å². The van der Waals surface area contributed by atoms with Gasteiger partial charge in [-0.05, 0) is 67.7 Å². The predicted octanol–water partition coefficient (Wildman–Crippen LogP) is 7.73. The fourth-order valence-corrected chi connectivity index (χ4v) is 6.58. The lowest BCUT2D eigenvalue weighted by atomic mass is 10.1. The number of thiophene rings is 1. The zero-order valence-corrected chi connectivity index (χ0v) is 24.4. The summed E-state index contributed by atoms with van der Waals surface area (Å²) in [7, 11) is 0. The third kappa shape index (κ3) is 5.69. The maximum Gasteiger partial charge on any atom is 0.141 e. The summed E-state index contributed by atoms with van der Waals surface area (Å²) in [5.74, 6) is -0.540. The van der Waals surface area contributed by atoms with Crippen LogP contribution in [0.2, 0.25) is 15.1 Å². The van der Waals surface area contributed by atoms with E-state index in [9.17, 15) is 9.65 Å². The van der Waals surface area contributed by atoms with E-state index in [1.807, 2.05) is 28.4 Å². The summed E-state index contributed by atoms with van der Waals surface area (Å²) in [5.41, 5.74) is 3.13. The van der Waals surface area contributed by atoms with Gasteiger partial charge in [0, 0.05) is 23.0 Å². The zero-order valence-electron chi connectivity index (χ0n) is 21.3. The van der Waals surface area contributed by atoms with Crippen molar-refractivity contribution in [3.63, 3.8) is 0 Å². The molecule has 6 rings (SSSR count). The molecule has 1 saturated heterocycles. The molecule has 13 heteroatoms. The number of anilines is 3. The summed E-state index contributed by atoms with van der Waals surface area (Å²) in [4.78, 5) is 5.30. The molecule has 4 heterocycles. The standard InChI is InChI=1S/C28H22Cl3FN8S/c29-20-5-8-41-28(20)27(24-14-40(39-38-24)18-3-6-34-7-4-18)37-17-9-19-25(36-16-1-2-23(32)21(30)10-16)15(12-33)13-35-26(19)22(31)11-17/h1-2,5,8-11,13-14,18,27,34,37H,3-4,6-7H2,(H,35,36). The predicted molar refractivity (Wildman–Crippen MR) is 162 cm³/mol. The van der Waals surface area contributed by atoms with Crippen LogP contribution in [0.5, 0.6) is 0 Å². The Morgan fingerprint density at radius 1 is 1.07 bits per heavy atom. The van der Waals surface area contributed by atoms with Gasteiger partial charge >= 0.3 is 0 Å². The number of hydrogen-bond donors (Lipinski definition) is 3. The number of fused-ring (bicyclic) bond motifs is 1. The summed E-state index contributed by atoms with van der Waals surface area (Å²) in [5, 5.41) is 32.4. The number of pyridine rings is 1. The van der Waals surface area contributed by atoms with E-state index in [1.54, 1.807) is 12.1 Å². The second-order valence-electron chi connectivity index (χ2n) is 9.58. The molecule has 0 spiro atoms. The molecule has 0 aliphatic carbocycles. The van der Waals surface area contributed by atoms with Gasteiger partial charge in [-0.3, -0.25) is 4.98 Å². The maximum absolute atomic E-state index is 13.8. The second-order valence-corrected chi connectivity index (χ2v) is 11.8. The molecule has 1 aliphatic heterocycles. The van der Waals surface area contributed by atoms with Crippen LogP contribution in [0.4, 0.5) is 21.5 Å². The van der Waals surface area contributed by atoms with Crippen LogP contribution in [0.1, 0.15) is 41.1 Å². The van der Waals surface area contributed by atoms with Gasteiger partial charge in [0.2, 0.25) is 0 Å². The molecule has 2 aromatic carbocycles. The van der Waals surface area contributed by atoms with Gasteiger partial charge in [-0.15, -0.1) is 16.4 Å². The second kappa shape index (κ2) is 11.8. The van der Waals surface area contributed by atoms with Crippen molar-refractivity contribution in [2.75, 3.05) is 23.7 Å². The Morgan fingerprint density at radius 3 is 2.61 bits per heavy atom. The Hall–Kier alpha value is -3.46. The first kappa shape index (κ1) is 27.7. The number of nitrogens with one attached hydrogen (secondary N) is 3. The summed E-state index contributed by atoms with van der Waals surface area (Å²) < 4.78 is 15.7. The molecule has 0 amide bonds. The number of aromatic nitrogens is 4. The van der Waals surface area contributed by atoms with Gasteiger partial charge in [-0.2, -0.15) is 5.26 Å². The Morgan fingerprint density at radius 2 is 1.88 bits per heavy atom. The average molecular weight is 628 g/mol.